The molecule has 0 spiro atoms. The monoisotopic (exact) mass is 235 g/mol. The lowest BCUT2D eigenvalue weighted by Gasteiger charge is -2.55. The van der Waals surface area contributed by atoms with Crippen LogP contribution in [0.15, 0.2) is 0 Å². The van der Waals surface area contributed by atoms with Gasteiger partial charge < -0.3 is 4.74 Å². The third kappa shape index (κ3) is 2.00. The van der Waals surface area contributed by atoms with Crippen molar-refractivity contribution < 1.29 is 9.53 Å². The van der Waals surface area contributed by atoms with Crippen molar-refractivity contribution in [1.82, 2.24) is 0 Å². The molecule has 0 N–H and O–H groups in total. The normalized spacial score (nSPS) is 44.7. The highest BCUT2D eigenvalue weighted by molar-refractivity contribution is 5.73. The topological polar surface area (TPSA) is 26.3 Å². The van der Waals surface area contributed by atoms with Crippen LogP contribution < -0.4 is 0 Å². The molecule has 2 heteroatoms. The quantitative estimate of drug-likeness (QED) is 0.701. The Morgan fingerprint density at radius 2 is 1.71 bits per heavy atom. The Kier molecular flexibility index (Phi) is 2.72. The van der Waals surface area contributed by atoms with Gasteiger partial charge >= 0.3 is 5.97 Å². The van der Waals surface area contributed by atoms with Crippen molar-refractivity contribution in [1.29, 1.82) is 0 Å². The maximum absolute atomic E-state index is 12.0. The van der Waals surface area contributed by atoms with Crippen LogP contribution in [0.1, 0.15) is 51.9 Å². The number of carbonyl (C=O) groups is 1. The summed E-state index contributed by atoms with van der Waals surface area (Å²) < 4.78 is 5.90. The van der Waals surface area contributed by atoms with Crippen molar-refractivity contribution in [2.45, 2.75) is 57.5 Å². The van der Waals surface area contributed by atoms with Crippen LogP contribution in [0, 0.1) is 30.6 Å². The summed E-state index contributed by atoms with van der Waals surface area (Å²) in [4.78, 5) is 12.0. The van der Waals surface area contributed by atoms with Crippen LogP contribution >= 0.6 is 0 Å². The maximum atomic E-state index is 12.0. The number of ether oxygens (including phenoxy) is 1. The largest absolute Gasteiger partial charge is 0.459 e. The van der Waals surface area contributed by atoms with Crippen molar-refractivity contribution in [2.24, 2.45) is 23.7 Å². The molecule has 17 heavy (non-hydrogen) atoms. The number of rotatable bonds is 3. The van der Waals surface area contributed by atoms with Crippen LogP contribution in [-0.2, 0) is 9.53 Å². The zero-order chi connectivity index (χ0) is 12.0. The zero-order valence-corrected chi connectivity index (χ0v) is 10.8. The minimum atomic E-state index is -0.178. The predicted octanol–water partition coefficient (Wildman–Crippen LogP) is 3.36. The average molecular weight is 235 g/mol. The molecule has 4 saturated carbocycles. The molecule has 1 atom stereocenters. The van der Waals surface area contributed by atoms with Gasteiger partial charge in [0.1, 0.15) is 5.60 Å². The third-order valence-corrected chi connectivity index (χ3v) is 5.13. The summed E-state index contributed by atoms with van der Waals surface area (Å²) in [5.41, 5.74) is -0.0864. The molecule has 4 fully saturated rings. The number of esters is 1. The van der Waals surface area contributed by atoms with Gasteiger partial charge in [0.25, 0.3) is 0 Å². The summed E-state index contributed by atoms with van der Waals surface area (Å²) in [6.45, 7) is 5.88. The van der Waals surface area contributed by atoms with E-state index in [1.54, 1.807) is 0 Å². The van der Waals surface area contributed by atoms with Crippen LogP contribution in [0.5, 0.6) is 0 Å². The molecule has 0 saturated heterocycles. The van der Waals surface area contributed by atoms with E-state index in [-0.39, 0.29) is 17.5 Å². The maximum Gasteiger partial charge on any atom is 0.309 e. The lowest BCUT2D eigenvalue weighted by Crippen LogP contribution is -2.53. The highest BCUT2D eigenvalue weighted by Crippen LogP contribution is 2.57. The summed E-state index contributed by atoms with van der Waals surface area (Å²) in [5.74, 6) is 2.26. The van der Waals surface area contributed by atoms with Crippen molar-refractivity contribution in [3.63, 3.8) is 0 Å². The molecular weight excluding hydrogens is 212 g/mol. The molecule has 0 aromatic heterocycles. The molecule has 0 amide bonds. The molecule has 4 bridgehead atoms. The Labute approximate surface area is 104 Å². The first-order valence-corrected chi connectivity index (χ1v) is 7.16. The average Bonchev–Trinajstić information content (AvgIpc) is 2.25. The van der Waals surface area contributed by atoms with Crippen LogP contribution in [0.4, 0.5) is 0 Å². The molecule has 95 valence electrons. The van der Waals surface area contributed by atoms with E-state index in [0.717, 1.165) is 43.4 Å². The molecular formula is C15H23O2. The molecule has 0 aromatic rings. The predicted molar refractivity (Wildman–Crippen MR) is 66.1 cm³/mol. The molecule has 4 aliphatic carbocycles. The Morgan fingerprint density at radius 3 is 2.12 bits per heavy atom. The molecule has 2 nitrogen and oxygen atoms in total. The molecule has 1 unspecified atom stereocenters. The second-order valence-electron chi connectivity index (χ2n) is 6.63. The third-order valence-electron chi connectivity index (χ3n) is 5.13. The first kappa shape index (κ1) is 11.6. The fourth-order valence-corrected chi connectivity index (χ4v) is 4.62. The zero-order valence-electron chi connectivity index (χ0n) is 10.8. The SMILES string of the molecule is [CH2]C(CC)C(=O)OC12CC3CC(CC(C3)C1)C2. The van der Waals surface area contributed by atoms with Crippen LogP contribution in [0.3, 0.4) is 0 Å². The van der Waals surface area contributed by atoms with Crippen molar-refractivity contribution in [3.05, 3.63) is 6.92 Å². The minimum Gasteiger partial charge on any atom is -0.459 e. The van der Waals surface area contributed by atoms with Crippen LogP contribution in [-0.4, -0.2) is 11.6 Å². The van der Waals surface area contributed by atoms with Gasteiger partial charge in [-0.3, -0.25) is 4.79 Å². The van der Waals surface area contributed by atoms with Crippen molar-refractivity contribution >= 4 is 5.97 Å². The van der Waals surface area contributed by atoms with Gasteiger partial charge in [-0.1, -0.05) is 6.92 Å². The van der Waals surface area contributed by atoms with E-state index < -0.39 is 0 Å². The Balaban J connectivity index is 1.72. The second kappa shape index (κ2) is 4.00. The van der Waals surface area contributed by atoms with Gasteiger partial charge in [-0.15, -0.1) is 0 Å². The van der Waals surface area contributed by atoms with E-state index >= 15 is 0 Å². The first-order valence-electron chi connectivity index (χ1n) is 7.16. The van der Waals surface area contributed by atoms with Gasteiger partial charge in [0.2, 0.25) is 0 Å². The lowest BCUT2D eigenvalue weighted by atomic mass is 9.54. The standard InChI is InChI=1S/C15H23O2/c1-3-10(2)14(16)17-15-7-11-4-12(8-15)6-13(5-11)9-15/h10-13H,2-9H2,1H3. The summed E-state index contributed by atoms with van der Waals surface area (Å²) in [7, 11) is 0. The summed E-state index contributed by atoms with van der Waals surface area (Å²) in [6, 6.07) is 0. The Bertz CT molecular complexity index is 286. The van der Waals surface area contributed by atoms with E-state index in [1.165, 1.54) is 19.3 Å². The molecule has 0 aromatic carbocycles. The van der Waals surface area contributed by atoms with Gasteiger partial charge in [0, 0.05) is 0 Å². The highest BCUT2D eigenvalue weighted by atomic mass is 16.6. The number of hydrogen-bond acceptors (Lipinski definition) is 2. The molecule has 0 heterocycles. The number of hydrogen-bond donors (Lipinski definition) is 0. The van der Waals surface area contributed by atoms with Gasteiger partial charge in [-0.05, 0) is 69.6 Å². The van der Waals surface area contributed by atoms with Crippen LogP contribution in [0.25, 0.3) is 0 Å². The van der Waals surface area contributed by atoms with Crippen molar-refractivity contribution in [3.8, 4) is 0 Å². The number of carbonyl (C=O) groups excluding carboxylic acids is 1. The molecule has 4 rings (SSSR count). The van der Waals surface area contributed by atoms with Gasteiger partial charge in [0.05, 0.1) is 5.92 Å². The minimum absolute atomic E-state index is 0.0607. The van der Waals surface area contributed by atoms with Gasteiger partial charge in [-0.25, -0.2) is 0 Å². The fraction of sp³-hybridized carbons (Fsp3) is 0.867. The highest BCUT2D eigenvalue weighted by Gasteiger charge is 2.53. The van der Waals surface area contributed by atoms with E-state index in [9.17, 15) is 4.79 Å². The first-order chi connectivity index (χ1) is 8.10. The van der Waals surface area contributed by atoms with E-state index in [4.69, 9.17) is 4.74 Å². The fourth-order valence-electron chi connectivity index (χ4n) is 4.62. The van der Waals surface area contributed by atoms with E-state index in [2.05, 4.69) is 6.92 Å². The second-order valence-corrected chi connectivity index (χ2v) is 6.63. The summed E-state index contributed by atoms with van der Waals surface area (Å²) in [5, 5.41) is 0. The molecule has 1 radical (unpaired) electrons. The van der Waals surface area contributed by atoms with Gasteiger partial charge in [-0.2, -0.15) is 0 Å². The van der Waals surface area contributed by atoms with Crippen molar-refractivity contribution in [2.75, 3.05) is 0 Å². The smallest absolute Gasteiger partial charge is 0.309 e. The Hall–Kier alpha value is -0.530. The molecule has 4 aliphatic rings. The lowest BCUT2D eigenvalue weighted by molar-refractivity contribution is -0.189. The van der Waals surface area contributed by atoms with E-state index in [0.29, 0.717) is 0 Å². The summed E-state index contributed by atoms with van der Waals surface area (Å²) in [6.07, 6.45) is 8.32. The summed E-state index contributed by atoms with van der Waals surface area (Å²) >= 11 is 0. The van der Waals surface area contributed by atoms with Crippen LogP contribution in [0.2, 0.25) is 0 Å². The Morgan fingerprint density at radius 1 is 1.24 bits per heavy atom. The van der Waals surface area contributed by atoms with Gasteiger partial charge in [0.15, 0.2) is 0 Å². The van der Waals surface area contributed by atoms with E-state index in [1.807, 2.05) is 6.92 Å². The molecule has 0 aliphatic heterocycles.